The first-order chi connectivity index (χ1) is 15.0. The van der Waals surface area contributed by atoms with Gasteiger partial charge in [-0.1, -0.05) is 54.2 Å². The van der Waals surface area contributed by atoms with E-state index in [9.17, 15) is 9.18 Å². The number of halogens is 1. The Morgan fingerprint density at radius 1 is 1.03 bits per heavy atom. The summed E-state index contributed by atoms with van der Waals surface area (Å²) in [6.45, 7) is 4.34. The summed E-state index contributed by atoms with van der Waals surface area (Å²) < 4.78 is 14.7. The molecule has 4 rings (SSSR count). The number of benzene rings is 2. The van der Waals surface area contributed by atoms with Crippen LogP contribution in [0.15, 0.2) is 59.8 Å². The highest BCUT2D eigenvalue weighted by Crippen LogP contribution is 2.20. The molecule has 0 fully saturated rings. The number of fused-ring (bicyclic) bond motifs is 1. The molecule has 0 bridgehead atoms. The van der Waals surface area contributed by atoms with Crippen LogP contribution >= 0.6 is 11.8 Å². The predicted molar refractivity (Wildman–Crippen MR) is 118 cm³/mol. The molecule has 1 N–H and O–H groups in total. The fourth-order valence-electron chi connectivity index (χ4n) is 3.29. The molecule has 158 valence electrons. The molecular formula is C23H22FN5OS. The number of aromatic nitrogens is 4. The molecule has 0 saturated carbocycles. The van der Waals surface area contributed by atoms with Crippen molar-refractivity contribution in [3.63, 3.8) is 0 Å². The van der Waals surface area contributed by atoms with Crippen molar-refractivity contribution in [3.8, 4) is 0 Å². The van der Waals surface area contributed by atoms with E-state index in [1.165, 1.54) is 29.5 Å². The first kappa shape index (κ1) is 21.0. The van der Waals surface area contributed by atoms with Crippen molar-refractivity contribution >= 4 is 23.4 Å². The number of carbonyl (C=O) groups excluding carboxylic acids is 1. The fraction of sp³-hybridized carbons (Fsp3) is 0.217. The first-order valence-corrected chi connectivity index (χ1v) is 10.9. The Bertz CT molecular complexity index is 1210. The van der Waals surface area contributed by atoms with E-state index in [-0.39, 0.29) is 17.5 Å². The van der Waals surface area contributed by atoms with Crippen molar-refractivity contribution in [2.75, 3.05) is 5.75 Å². The summed E-state index contributed by atoms with van der Waals surface area (Å²) >= 11 is 1.26. The second-order valence-electron chi connectivity index (χ2n) is 7.22. The molecule has 6 nitrogen and oxygen atoms in total. The largest absolute Gasteiger partial charge is 0.351 e. The Morgan fingerprint density at radius 2 is 1.77 bits per heavy atom. The van der Waals surface area contributed by atoms with Crippen LogP contribution in [0.5, 0.6) is 0 Å². The van der Waals surface area contributed by atoms with E-state index in [0.29, 0.717) is 17.5 Å². The summed E-state index contributed by atoms with van der Waals surface area (Å²) in [5.74, 6) is 0.280. The van der Waals surface area contributed by atoms with Crippen LogP contribution < -0.4 is 5.32 Å². The van der Waals surface area contributed by atoms with E-state index in [1.807, 2.05) is 32.0 Å². The second-order valence-corrected chi connectivity index (χ2v) is 8.16. The smallest absolute Gasteiger partial charge is 0.253 e. The number of carbonyl (C=O) groups is 1. The summed E-state index contributed by atoms with van der Waals surface area (Å²) in [7, 11) is 0. The Hall–Kier alpha value is -3.26. The van der Waals surface area contributed by atoms with Crippen molar-refractivity contribution in [1.29, 1.82) is 0 Å². The minimum Gasteiger partial charge on any atom is -0.351 e. The molecule has 0 spiro atoms. The third kappa shape index (κ3) is 5.08. The summed E-state index contributed by atoms with van der Waals surface area (Å²) in [5, 5.41) is 7.86. The van der Waals surface area contributed by atoms with Crippen molar-refractivity contribution in [2.45, 2.75) is 32.0 Å². The maximum Gasteiger partial charge on any atom is 0.253 e. The molecule has 8 heteroatoms. The van der Waals surface area contributed by atoms with E-state index in [2.05, 4.69) is 32.5 Å². The molecule has 0 aliphatic carbocycles. The lowest BCUT2D eigenvalue weighted by molar-refractivity contribution is -0.118. The third-order valence-electron chi connectivity index (χ3n) is 4.99. The van der Waals surface area contributed by atoms with Crippen molar-refractivity contribution in [2.24, 2.45) is 0 Å². The summed E-state index contributed by atoms with van der Waals surface area (Å²) in [6, 6.07) is 16.3. The number of hydrogen-bond acceptors (Lipinski definition) is 5. The van der Waals surface area contributed by atoms with Crippen LogP contribution in [0.25, 0.3) is 5.78 Å². The van der Waals surface area contributed by atoms with Gasteiger partial charge in [0, 0.05) is 24.4 Å². The Balaban J connectivity index is 1.42. The highest BCUT2D eigenvalue weighted by Gasteiger charge is 2.15. The zero-order valence-corrected chi connectivity index (χ0v) is 18.1. The molecule has 0 saturated heterocycles. The van der Waals surface area contributed by atoms with Crippen LogP contribution in [-0.2, 0) is 17.8 Å². The van der Waals surface area contributed by atoms with Crippen LogP contribution in [-0.4, -0.2) is 31.2 Å². The Morgan fingerprint density at radius 3 is 2.52 bits per heavy atom. The lowest BCUT2D eigenvalue weighted by Crippen LogP contribution is -2.24. The maximum atomic E-state index is 13.0. The number of amides is 1. The lowest BCUT2D eigenvalue weighted by Gasteiger charge is -2.10. The molecule has 0 aliphatic heterocycles. The van der Waals surface area contributed by atoms with Crippen molar-refractivity contribution < 1.29 is 9.18 Å². The lowest BCUT2D eigenvalue weighted by atomic mass is 10.0. The number of aryl methyl sites for hydroxylation is 2. The number of nitrogens with zero attached hydrogens (tertiary/aromatic N) is 4. The maximum absolute atomic E-state index is 13.0. The Kier molecular flexibility index (Phi) is 6.27. The monoisotopic (exact) mass is 435 g/mol. The van der Waals surface area contributed by atoms with Gasteiger partial charge in [0.15, 0.2) is 0 Å². The minimum absolute atomic E-state index is 0.140. The number of rotatable bonds is 7. The predicted octanol–water partition coefficient (Wildman–Crippen LogP) is 3.88. The number of thioether (sulfide) groups is 1. The molecule has 0 unspecified atom stereocenters. The van der Waals surface area contributed by atoms with E-state index in [4.69, 9.17) is 0 Å². The molecule has 2 aromatic carbocycles. The molecule has 31 heavy (non-hydrogen) atoms. The highest BCUT2D eigenvalue weighted by molar-refractivity contribution is 7.99. The van der Waals surface area contributed by atoms with E-state index in [0.717, 1.165) is 28.9 Å². The molecule has 4 aromatic rings. The van der Waals surface area contributed by atoms with Crippen molar-refractivity contribution in [3.05, 3.63) is 88.5 Å². The van der Waals surface area contributed by atoms with Gasteiger partial charge in [-0.05, 0) is 42.7 Å². The quantitative estimate of drug-likeness (QED) is 0.446. The van der Waals surface area contributed by atoms with Crippen molar-refractivity contribution in [1.82, 2.24) is 24.9 Å². The third-order valence-corrected chi connectivity index (χ3v) is 5.83. The molecule has 1 amide bonds. The molecule has 0 atom stereocenters. The molecular weight excluding hydrogens is 413 g/mol. The average Bonchev–Trinajstić information content (AvgIpc) is 3.18. The van der Waals surface area contributed by atoms with E-state index < -0.39 is 0 Å². The van der Waals surface area contributed by atoms with Gasteiger partial charge >= 0.3 is 0 Å². The summed E-state index contributed by atoms with van der Waals surface area (Å²) in [4.78, 5) is 21.2. The van der Waals surface area contributed by atoms with Gasteiger partial charge in [-0.15, -0.1) is 5.10 Å². The zero-order valence-electron chi connectivity index (χ0n) is 17.3. The normalized spacial score (nSPS) is 11.1. The van der Waals surface area contributed by atoms with Gasteiger partial charge in [0.1, 0.15) is 5.82 Å². The zero-order chi connectivity index (χ0) is 21.8. The fourth-order valence-corrected chi connectivity index (χ4v) is 3.94. The number of hydrogen-bond donors (Lipinski definition) is 1. The minimum atomic E-state index is -0.297. The van der Waals surface area contributed by atoms with Gasteiger partial charge in [-0.25, -0.2) is 13.9 Å². The Labute approximate surface area is 183 Å². The highest BCUT2D eigenvalue weighted by atomic mass is 32.2. The molecule has 2 aromatic heterocycles. The van der Waals surface area contributed by atoms with E-state index in [1.54, 1.807) is 16.6 Å². The summed E-state index contributed by atoms with van der Waals surface area (Å²) in [5.41, 5.74) is 5.09. The van der Waals surface area contributed by atoms with E-state index >= 15 is 0 Å². The molecule has 0 aliphatic rings. The van der Waals surface area contributed by atoms with Gasteiger partial charge in [-0.3, -0.25) is 4.79 Å². The van der Waals surface area contributed by atoms with Gasteiger partial charge in [-0.2, -0.15) is 4.98 Å². The van der Waals surface area contributed by atoms with Crippen LogP contribution in [0.1, 0.15) is 28.1 Å². The van der Waals surface area contributed by atoms with Gasteiger partial charge < -0.3 is 5.32 Å². The number of nitrogens with one attached hydrogen (secondary N) is 1. The standard InChI is InChI=1S/C23H22FN5OS/c1-15-20(12-17-6-4-3-5-7-17)16(2)29-22(26-15)27-23(28-29)31-14-21(30)25-13-18-8-10-19(24)11-9-18/h3-11H,12-14H2,1-2H3,(H,25,30). The topological polar surface area (TPSA) is 72.2 Å². The van der Waals surface area contributed by atoms with Crippen LogP contribution in [0.4, 0.5) is 4.39 Å². The first-order valence-electron chi connectivity index (χ1n) is 9.90. The average molecular weight is 436 g/mol. The van der Waals surface area contributed by atoms with Gasteiger partial charge in [0.25, 0.3) is 5.78 Å². The SMILES string of the molecule is Cc1nc2nc(SCC(=O)NCc3ccc(F)cc3)nn2c(C)c1Cc1ccccc1. The second kappa shape index (κ2) is 9.26. The van der Waals surface area contributed by atoms with Crippen LogP contribution in [0.3, 0.4) is 0 Å². The van der Waals surface area contributed by atoms with Crippen LogP contribution in [0, 0.1) is 19.7 Å². The molecule has 2 heterocycles. The van der Waals surface area contributed by atoms with Crippen LogP contribution in [0.2, 0.25) is 0 Å². The van der Waals surface area contributed by atoms with Gasteiger partial charge in [0.05, 0.1) is 5.75 Å². The summed E-state index contributed by atoms with van der Waals surface area (Å²) in [6.07, 6.45) is 0.773. The van der Waals surface area contributed by atoms with Gasteiger partial charge in [0.2, 0.25) is 11.1 Å². The molecule has 0 radical (unpaired) electrons.